The molecule has 1 aliphatic heterocycles. The number of ether oxygens (including phenoxy) is 2. The first-order valence-electron chi connectivity index (χ1n) is 15.0. The summed E-state index contributed by atoms with van der Waals surface area (Å²) in [5, 5.41) is 23.2. The fraction of sp³-hybridized carbons (Fsp3) is 0.697. The van der Waals surface area contributed by atoms with Gasteiger partial charge in [0.1, 0.15) is 6.10 Å². The van der Waals surface area contributed by atoms with Crippen LogP contribution in [-0.2, 0) is 9.47 Å². The normalized spacial score (nSPS) is 35.4. The Labute approximate surface area is 245 Å². The van der Waals surface area contributed by atoms with Crippen LogP contribution in [0.5, 0.6) is 0 Å². The van der Waals surface area contributed by atoms with Crippen molar-refractivity contribution in [2.45, 2.75) is 108 Å². The van der Waals surface area contributed by atoms with Gasteiger partial charge in [-0.2, -0.15) is 22.0 Å². The first kappa shape index (κ1) is 31.6. The summed E-state index contributed by atoms with van der Waals surface area (Å²) in [7, 11) is 0. The third kappa shape index (κ3) is 5.06. The van der Waals surface area contributed by atoms with Gasteiger partial charge in [0.2, 0.25) is 0 Å². The van der Waals surface area contributed by atoms with Crippen LogP contribution in [0.25, 0.3) is 6.08 Å². The fourth-order valence-electron chi connectivity index (χ4n) is 8.44. The van der Waals surface area contributed by atoms with Gasteiger partial charge in [-0.05, 0) is 54.2 Å². The highest BCUT2D eigenvalue weighted by Gasteiger charge is 2.69. The standard InChI is InChI=1S/C33H43F5O4/c1-6-20-8-10-21(11-9-20)23-16-29(5,27(39)32(34,35)33(36,37)38)24(7-2)22-12-14-30(40)17-31(15-13-25(30)26(22)23)41-18-28(3,4)19-42-31/h6,8-11,22-24,27,39-40H,1,7,12-19H2,2-5H3/t22?,23-,24?,27?,29+,30?/m1/s1. The van der Waals surface area contributed by atoms with Gasteiger partial charge in [-0.1, -0.05) is 76.6 Å². The van der Waals surface area contributed by atoms with Gasteiger partial charge in [0.25, 0.3) is 0 Å². The van der Waals surface area contributed by atoms with Crippen molar-refractivity contribution in [2.24, 2.45) is 22.7 Å². The number of hydrogen-bond donors (Lipinski definition) is 2. The maximum Gasteiger partial charge on any atom is 0.456 e. The summed E-state index contributed by atoms with van der Waals surface area (Å²) < 4.78 is 82.9. The van der Waals surface area contributed by atoms with Crippen LogP contribution in [0.2, 0.25) is 0 Å². The number of alkyl halides is 5. The molecule has 5 rings (SSSR count). The highest BCUT2D eigenvalue weighted by atomic mass is 19.4. The highest BCUT2D eigenvalue weighted by Crippen LogP contribution is 2.64. The van der Waals surface area contributed by atoms with Crippen LogP contribution in [0.4, 0.5) is 22.0 Å². The van der Waals surface area contributed by atoms with Gasteiger partial charge in [0.05, 0.1) is 18.8 Å². The van der Waals surface area contributed by atoms with Gasteiger partial charge in [0, 0.05) is 29.6 Å². The number of fused-ring (bicyclic) bond motifs is 2. The quantitative estimate of drug-likeness (QED) is 0.268. The van der Waals surface area contributed by atoms with Crippen LogP contribution in [0.1, 0.15) is 89.7 Å². The topological polar surface area (TPSA) is 58.9 Å². The minimum absolute atomic E-state index is 0.108. The molecule has 0 bridgehead atoms. The Morgan fingerprint density at radius 3 is 2.21 bits per heavy atom. The zero-order valence-corrected chi connectivity index (χ0v) is 24.9. The highest BCUT2D eigenvalue weighted by molar-refractivity contribution is 5.50. The number of aliphatic hydroxyl groups excluding tert-OH is 1. The van der Waals surface area contributed by atoms with E-state index in [4.69, 9.17) is 9.47 Å². The number of aliphatic hydroxyl groups is 2. The second-order valence-corrected chi connectivity index (χ2v) is 14.1. The molecule has 6 atom stereocenters. The fourth-order valence-corrected chi connectivity index (χ4v) is 8.44. The molecule has 3 aliphatic carbocycles. The molecule has 4 nitrogen and oxygen atoms in total. The predicted octanol–water partition coefficient (Wildman–Crippen LogP) is 7.80. The Balaban J connectivity index is 1.62. The van der Waals surface area contributed by atoms with Crippen molar-refractivity contribution < 1.29 is 41.6 Å². The summed E-state index contributed by atoms with van der Waals surface area (Å²) in [6.07, 6.45) is -4.98. The average Bonchev–Trinajstić information content (AvgIpc) is 2.93. The summed E-state index contributed by atoms with van der Waals surface area (Å²) in [5.41, 5.74) is 0.227. The van der Waals surface area contributed by atoms with Gasteiger partial charge < -0.3 is 19.7 Å². The molecule has 2 N–H and O–H groups in total. The molecule has 1 spiro atoms. The number of allylic oxidation sites excluding steroid dienone is 1. The second-order valence-electron chi connectivity index (χ2n) is 14.1. The van der Waals surface area contributed by atoms with E-state index in [0.29, 0.717) is 45.3 Å². The van der Waals surface area contributed by atoms with Crippen LogP contribution in [0.15, 0.2) is 42.0 Å². The van der Waals surface area contributed by atoms with Crippen molar-refractivity contribution in [3.05, 3.63) is 53.1 Å². The molecule has 0 radical (unpaired) electrons. The smallest absolute Gasteiger partial charge is 0.386 e. The van der Waals surface area contributed by atoms with Gasteiger partial charge >= 0.3 is 12.1 Å². The summed E-state index contributed by atoms with van der Waals surface area (Å²) in [6.45, 7) is 12.1. The summed E-state index contributed by atoms with van der Waals surface area (Å²) in [4.78, 5) is 0. The number of hydrogen-bond acceptors (Lipinski definition) is 4. The summed E-state index contributed by atoms with van der Waals surface area (Å²) in [5.74, 6) is -7.75. The van der Waals surface area contributed by atoms with Crippen LogP contribution in [-0.4, -0.2) is 53.0 Å². The second kappa shape index (κ2) is 10.4. The Morgan fingerprint density at radius 1 is 1.05 bits per heavy atom. The zero-order chi connectivity index (χ0) is 30.9. The Morgan fingerprint density at radius 2 is 1.67 bits per heavy atom. The Bertz CT molecular complexity index is 1210. The van der Waals surface area contributed by atoms with E-state index in [1.165, 1.54) is 6.92 Å². The first-order chi connectivity index (χ1) is 19.4. The molecule has 1 aromatic carbocycles. The molecule has 1 saturated heterocycles. The molecule has 9 heteroatoms. The average molecular weight is 599 g/mol. The molecule has 1 heterocycles. The van der Waals surface area contributed by atoms with Crippen LogP contribution < -0.4 is 0 Å². The molecule has 4 aliphatic rings. The lowest BCUT2D eigenvalue weighted by atomic mass is 9.48. The van der Waals surface area contributed by atoms with E-state index in [1.54, 1.807) is 13.0 Å². The SMILES string of the molecule is C=Cc1ccc([C@H]2C[C@](C)(C(O)C(F)(F)C(F)(F)F)C(CC)C3CCC4(O)CC5(CCC4=C32)OCC(C)(C)CO5)cc1. The third-order valence-corrected chi connectivity index (χ3v) is 10.7. The lowest BCUT2D eigenvalue weighted by molar-refractivity contribution is -0.333. The van der Waals surface area contributed by atoms with Crippen molar-refractivity contribution in [3.63, 3.8) is 0 Å². The van der Waals surface area contributed by atoms with Crippen molar-refractivity contribution in [1.82, 2.24) is 0 Å². The molecule has 1 aromatic rings. The van der Waals surface area contributed by atoms with Crippen LogP contribution in [0, 0.1) is 22.7 Å². The first-order valence-corrected chi connectivity index (χ1v) is 15.0. The Kier molecular flexibility index (Phi) is 7.82. The van der Waals surface area contributed by atoms with E-state index in [2.05, 4.69) is 20.4 Å². The van der Waals surface area contributed by atoms with E-state index in [0.717, 1.165) is 22.3 Å². The van der Waals surface area contributed by atoms with Gasteiger partial charge in [0.15, 0.2) is 5.79 Å². The maximum atomic E-state index is 14.8. The van der Waals surface area contributed by atoms with Crippen LogP contribution in [0.3, 0.4) is 0 Å². The molecule has 42 heavy (non-hydrogen) atoms. The van der Waals surface area contributed by atoms with Crippen LogP contribution >= 0.6 is 0 Å². The molecular formula is C33H43F5O4. The Hall–Kier alpha value is -1.81. The molecule has 2 saturated carbocycles. The summed E-state index contributed by atoms with van der Waals surface area (Å²) >= 11 is 0. The van der Waals surface area contributed by atoms with Crippen molar-refractivity contribution >= 4 is 6.08 Å². The monoisotopic (exact) mass is 598 g/mol. The third-order valence-electron chi connectivity index (χ3n) is 10.7. The van der Waals surface area contributed by atoms with Gasteiger partial charge in [-0.3, -0.25) is 0 Å². The largest absolute Gasteiger partial charge is 0.456 e. The summed E-state index contributed by atoms with van der Waals surface area (Å²) in [6, 6.07) is 7.37. The molecule has 3 fully saturated rings. The van der Waals surface area contributed by atoms with E-state index in [9.17, 15) is 32.2 Å². The lowest BCUT2D eigenvalue weighted by Crippen LogP contribution is -2.61. The van der Waals surface area contributed by atoms with Crippen molar-refractivity contribution in [2.75, 3.05) is 13.2 Å². The minimum Gasteiger partial charge on any atom is -0.386 e. The maximum absolute atomic E-state index is 14.8. The molecule has 0 aromatic heterocycles. The predicted molar refractivity (Wildman–Crippen MR) is 150 cm³/mol. The van der Waals surface area contributed by atoms with E-state index < -0.39 is 46.8 Å². The number of halogens is 5. The van der Waals surface area contributed by atoms with Gasteiger partial charge in [-0.25, -0.2) is 0 Å². The van der Waals surface area contributed by atoms with E-state index in [1.807, 2.05) is 24.3 Å². The van der Waals surface area contributed by atoms with E-state index >= 15 is 0 Å². The lowest BCUT2D eigenvalue weighted by Gasteiger charge is -2.59. The minimum atomic E-state index is -5.88. The van der Waals surface area contributed by atoms with Crippen molar-refractivity contribution in [3.8, 4) is 0 Å². The molecular weight excluding hydrogens is 555 g/mol. The number of benzene rings is 1. The number of rotatable bonds is 5. The molecule has 0 amide bonds. The zero-order valence-electron chi connectivity index (χ0n) is 24.9. The molecule has 4 unspecified atom stereocenters. The van der Waals surface area contributed by atoms with Crippen molar-refractivity contribution in [1.29, 1.82) is 0 Å². The van der Waals surface area contributed by atoms with Gasteiger partial charge in [-0.15, -0.1) is 0 Å². The van der Waals surface area contributed by atoms with E-state index in [-0.39, 0.29) is 24.2 Å². The molecule has 234 valence electrons.